The van der Waals surface area contributed by atoms with Gasteiger partial charge in [0.15, 0.2) is 0 Å². The quantitative estimate of drug-likeness (QED) is 0.780. The first-order valence-corrected chi connectivity index (χ1v) is 6.25. The lowest BCUT2D eigenvalue weighted by Crippen LogP contribution is -2.01. The smallest absolute Gasteiger partial charge is 0.141 e. The molecule has 90 valence electrons. The van der Waals surface area contributed by atoms with Gasteiger partial charge in [-0.2, -0.15) is 0 Å². The summed E-state index contributed by atoms with van der Waals surface area (Å²) >= 11 is 1.52. The van der Waals surface area contributed by atoms with Gasteiger partial charge >= 0.3 is 0 Å². The Morgan fingerprint density at radius 2 is 2.28 bits per heavy atom. The molecule has 0 saturated heterocycles. The molecule has 0 aliphatic heterocycles. The summed E-state index contributed by atoms with van der Waals surface area (Å²) in [6.07, 6.45) is 3.89. The van der Waals surface area contributed by atoms with E-state index in [0.717, 1.165) is 16.5 Å². The van der Waals surface area contributed by atoms with E-state index in [1.807, 2.05) is 17.5 Å². The van der Waals surface area contributed by atoms with Gasteiger partial charge in [0.25, 0.3) is 0 Å². The molecule has 0 aromatic carbocycles. The number of nitrogen functional groups attached to an aromatic ring is 1. The number of nitrogens with zero attached hydrogens (tertiary/aromatic N) is 3. The molecule has 0 radical (unpaired) electrons. The van der Waals surface area contributed by atoms with Gasteiger partial charge in [0.2, 0.25) is 0 Å². The van der Waals surface area contributed by atoms with Crippen molar-refractivity contribution in [1.29, 1.82) is 0 Å². The molecule has 0 saturated carbocycles. The number of aromatic nitrogens is 3. The number of hydrogen-bond acceptors (Lipinski definition) is 6. The number of nitrogens with two attached hydrogens (primary N) is 1. The van der Waals surface area contributed by atoms with Crippen molar-refractivity contribution in [2.24, 2.45) is 0 Å². The number of furan rings is 1. The first-order valence-electron chi connectivity index (χ1n) is 5.37. The molecule has 3 aromatic rings. The normalized spacial score (nSPS) is 10.7. The standard InChI is InChI=1S/C12H10N4OS/c13-10-7-9(12-14-3-5-18-12)15-11(16-10)6-8-2-1-4-17-8/h1-5,7H,6H2,(H2,13,15,16). The van der Waals surface area contributed by atoms with E-state index in [2.05, 4.69) is 15.0 Å². The highest BCUT2D eigenvalue weighted by atomic mass is 32.1. The molecule has 0 amide bonds. The predicted octanol–water partition coefficient (Wildman–Crippen LogP) is 2.37. The Labute approximate surface area is 107 Å². The fourth-order valence-electron chi connectivity index (χ4n) is 1.63. The summed E-state index contributed by atoms with van der Waals surface area (Å²) in [6.45, 7) is 0. The summed E-state index contributed by atoms with van der Waals surface area (Å²) in [4.78, 5) is 12.9. The Bertz CT molecular complexity index is 634. The summed E-state index contributed by atoms with van der Waals surface area (Å²) in [5, 5.41) is 2.74. The van der Waals surface area contributed by atoms with Gasteiger partial charge in [-0.25, -0.2) is 15.0 Å². The van der Waals surface area contributed by atoms with Crippen LogP contribution in [0.15, 0.2) is 40.5 Å². The van der Waals surface area contributed by atoms with Crippen LogP contribution in [-0.2, 0) is 6.42 Å². The molecule has 0 unspecified atom stereocenters. The van der Waals surface area contributed by atoms with Gasteiger partial charge in [-0.15, -0.1) is 11.3 Å². The van der Waals surface area contributed by atoms with Crippen molar-refractivity contribution in [1.82, 2.24) is 15.0 Å². The topological polar surface area (TPSA) is 77.8 Å². The molecule has 0 bridgehead atoms. The van der Waals surface area contributed by atoms with Crippen molar-refractivity contribution < 1.29 is 4.42 Å². The molecule has 2 N–H and O–H groups in total. The third kappa shape index (κ3) is 2.23. The van der Waals surface area contributed by atoms with Gasteiger partial charge in [-0.1, -0.05) is 0 Å². The van der Waals surface area contributed by atoms with Gasteiger partial charge in [0.05, 0.1) is 12.7 Å². The van der Waals surface area contributed by atoms with Crippen LogP contribution in [0.5, 0.6) is 0 Å². The Hall–Kier alpha value is -2.21. The van der Waals surface area contributed by atoms with Gasteiger partial charge in [-0.3, -0.25) is 0 Å². The number of anilines is 1. The Balaban J connectivity index is 1.96. The number of hydrogen-bond donors (Lipinski definition) is 1. The molecular formula is C12H10N4OS. The summed E-state index contributed by atoms with van der Waals surface area (Å²) in [7, 11) is 0. The van der Waals surface area contributed by atoms with Crippen LogP contribution in [0, 0.1) is 0 Å². The van der Waals surface area contributed by atoms with Crippen molar-refractivity contribution in [2.45, 2.75) is 6.42 Å². The Morgan fingerprint density at radius 3 is 3.00 bits per heavy atom. The summed E-state index contributed by atoms with van der Waals surface area (Å²) < 4.78 is 5.27. The van der Waals surface area contributed by atoms with E-state index in [4.69, 9.17) is 10.2 Å². The van der Waals surface area contributed by atoms with Crippen LogP contribution < -0.4 is 5.73 Å². The van der Waals surface area contributed by atoms with E-state index in [0.29, 0.717) is 18.1 Å². The monoisotopic (exact) mass is 258 g/mol. The summed E-state index contributed by atoms with van der Waals surface area (Å²) in [6, 6.07) is 5.45. The van der Waals surface area contributed by atoms with Gasteiger partial charge < -0.3 is 10.2 Å². The molecule has 0 fully saturated rings. The van der Waals surface area contributed by atoms with Gasteiger partial charge in [0.1, 0.15) is 28.1 Å². The molecule has 3 aromatic heterocycles. The highest BCUT2D eigenvalue weighted by Gasteiger charge is 2.08. The van der Waals surface area contributed by atoms with E-state index in [-0.39, 0.29) is 0 Å². The molecule has 0 atom stereocenters. The van der Waals surface area contributed by atoms with Crippen LogP contribution in [0.1, 0.15) is 11.6 Å². The lowest BCUT2D eigenvalue weighted by atomic mass is 10.3. The maximum Gasteiger partial charge on any atom is 0.141 e. The van der Waals surface area contributed by atoms with Gasteiger partial charge in [-0.05, 0) is 12.1 Å². The lowest BCUT2D eigenvalue weighted by Gasteiger charge is -2.02. The summed E-state index contributed by atoms with van der Waals surface area (Å²) in [5.74, 6) is 1.89. The highest BCUT2D eigenvalue weighted by molar-refractivity contribution is 7.13. The summed E-state index contributed by atoms with van der Waals surface area (Å²) in [5.41, 5.74) is 6.54. The molecular weight excluding hydrogens is 248 g/mol. The van der Waals surface area contributed by atoms with Crippen molar-refractivity contribution in [2.75, 3.05) is 5.73 Å². The van der Waals surface area contributed by atoms with Crippen molar-refractivity contribution in [3.05, 3.63) is 47.6 Å². The zero-order chi connectivity index (χ0) is 12.4. The fourth-order valence-corrected chi connectivity index (χ4v) is 2.22. The third-order valence-corrected chi connectivity index (χ3v) is 3.15. The van der Waals surface area contributed by atoms with E-state index in [1.54, 1.807) is 18.5 Å². The van der Waals surface area contributed by atoms with E-state index in [9.17, 15) is 0 Å². The SMILES string of the molecule is Nc1cc(-c2nccs2)nc(Cc2ccco2)n1. The molecule has 3 rings (SSSR count). The second-order valence-electron chi connectivity index (χ2n) is 3.69. The zero-order valence-corrected chi connectivity index (χ0v) is 10.2. The second-order valence-corrected chi connectivity index (χ2v) is 4.58. The molecule has 0 spiro atoms. The predicted molar refractivity (Wildman–Crippen MR) is 69.1 cm³/mol. The first kappa shape index (κ1) is 10.9. The Kier molecular flexibility index (Phi) is 2.77. The molecule has 0 aliphatic rings. The molecule has 18 heavy (non-hydrogen) atoms. The van der Waals surface area contributed by atoms with Gasteiger partial charge in [0, 0.05) is 17.6 Å². The molecule has 5 nitrogen and oxygen atoms in total. The van der Waals surface area contributed by atoms with Crippen molar-refractivity contribution >= 4 is 17.2 Å². The van der Waals surface area contributed by atoms with E-state index in [1.165, 1.54) is 11.3 Å². The number of thiazole rings is 1. The number of rotatable bonds is 3. The zero-order valence-electron chi connectivity index (χ0n) is 9.41. The molecule has 6 heteroatoms. The van der Waals surface area contributed by atoms with Crippen molar-refractivity contribution in [3.63, 3.8) is 0 Å². The van der Waals surface area contributed by atoms with Crippen molar-refractivity contribution in [3.8, 4) is 10.7 Å². The largest absolute Gasteiger partial charge is 0.469 e. The minimum Gasteiger partial charge on any atom is -0.469 e. The molecule has 0 aliphatic carbocycles. The second kappa shape index (κ2) is 4.58. The average molecular weight is 258 g/mol. The average Bonchev–Trinajstić information content (AvgIpc) is 3.00. The Morgan fingerprint density at radius 1 is 1.33 bits per heavy atom. The van der Waals surface area contributed by atoms with E-state index < -0.39 is 0 Å². The van der Waals surface area contributed by atoms with Crippen LogP contribution >= 0.6 is 11.3 Å². The van der Waals surface area contributed by atoms with Crippen LogP contribution in [0.25, 0.3) is 10.7 Å². The van der Waals surface area contributed by atoms with Crippen LogP contribution in [0.3, 0.4) is 0 Å². The minimum atomic E-state index is 0.441. The maximum atomic E-state index is 5.79. The lowest BCUT2D eigenvalue weighted by molar-refractivity contribution is 0.517. The fraction of sp³-hybridized carbons (Fsp3) is 0.0833. The highest BCUT2D eigenvalue weighted by Crippen LogP contribution is 2.21. The van der Waals surface area contributed by atoms with Crippen LogP contribution in [-0.4, -0.2) is 15.0 Å². The minimum absolute atomic E-state index is 0.441. The van der Waals surface area contributed by atoms with E-state index >= 15 is 0 Å². The maximum absolute atomic E-state index is 5.79. The van der Waals surface area contributed by atoms with Crippen LogP contribution in [0.2, 0.25) is 0 Å². The third-order valence-electron chi connectivity index (χ3n) is 2.36. The molecule has 3 heterocycles. The first-order chi connectivity index (χ1) is 8.81. The van der Waals surface area contributed by atoms with Crippen LogP contribution in [0.4, 0.5) is 5.82 Å².